The Labute approximate surface area is 146 Å². The fourth-order valence-electron chi connectivity index (χ4n) is 2.54. The second-order valence-electron chi connectivity index (χ2n) is 5.57. The summed E-state index contributed by atoms with van der Waals surface area (Å²) in [6.07, 6.45) is -3.39. The van der Waals surface area contributed by atoms with E-state index in [0.29, 0.717) is 0 Å². The molecule has 1 saturated heterocycles. The Balaban J connectivity index is 0.000000298. The van der Waals surface area contributed by atoms with E-state index in [1.54, 1.807) is 5.06 Å². The van der Waals surface area contributed by atoms with E-state index < -0.39 is 12.1 Å². The molecule has 9 heteroatoms. The monoisotopic (exact) mass is 370 g/mol. The van der Waals surface area contributed by atoms with Gasteiger partial charge in [-0.05, 0) is 24.3 Å². The van der Waals surface area contributed by atoms with Crippen LogP contribution in [0.3, 0.4) is 0 Å². The number of hydrogen-bond acceptors (Lipinski definition) is 4. The highest BCUT2D eigenvalue weighted by Crippen LogP contribution is 2.28. The number of carbonyl (C=O) groups excluding carboxylic acids is 1. The van der Waals surface area contributed by atoms with Crippen molar-refractivity contribution in [1.29, 1.82) is 0 Å². The van der Waals surface area contributed by atoms with Crippen molar-refractivity contribution < 1.29 is 32.7 Å². The molecule has 0 saturated carbocycles. The van der Waals surface area contributed by atoms with Crippen molar-refractivity contribution in [2.24, 2.45) is 5.73 Å². The highest BCUT2D eigenvalue weighted by molar-refractivity contribution is 5.88. The van der Waals surface area contributed by atoms with Crippen molar-refractivity contribution in [1.82, 2.24) is 5.06 Å². The molecule has 0 unspecified atom stereocenters. The molecule has 3 rings (SSSR count). The van der Waals surface area contributed by atoms with Gasteiger partial charge in [0.05, 0.1) is 0 Å². The molecule has 2 aromatic carbocycles. The average molecular weight is 370 g/mol. The minimum absolute atomic E-state index is 0.320. The molecule has 1 aliphatic rings. The summed E-state index contributed by atoms with van der Waals surface area (Å²) in [5, 5.41) is 11.0. The Morgan fingerprint density at radius 2 is 1.77 bits per heavy atom. The molecule has 0 radical (unpaired) electrons. The summed E-state index contributed by atoms with van der Waals surface area (Å²) >= 11 is 0. The van der Waals surface area contributed by atoms with Crippen LogP contribution in [0.2, 0.25) is 0 Å². The van der Waals surface area contributed by atoms with Gasteiger partial charge in [0.2, 0.25) is 5.91 Å². The van der Waals surface area contributed by atoms with Crippen LogP contribution in [0.25, 0.3) is 10.8 Å². The van der Waals surface area contributed by atoms with Crippen molar-refractivity contribution in [3.8, 4) is 5.75 Å². The summed E-state index contributed by atoms with van der Waals surface area (Å²) in [6.45, 7) is 0.733. The van der Waals surface area contributed by atoms with Crippen molar-refractivity contribution >= 4 is 22.6 Å². The van der Waals surface area contributed by atoms with Gasteiger partial charge in [0, 0.05) is 11.9 Å². The van der Waals surface area contributed by atoms with Gasteiger partial charge in [-0.15, -0.1) is 5.06 Å². The highest BCUT2D eigenvalue weighted by Gasteiger charge is 2.38. The molecule has 0 aromatic heterocycles. The average Bonchev–Trinajstić information content (AvgIpc) is 3.03. The molecule has 3 N–H and O–H groups in total. The van der Waals surface area contributed by atoms with E-state index in [1.807, 2.05) is 42.5 Å². The van der Waals surface area contributed by atoms with Gasteiger partial charge in [0.25, 0.3) is 0 Å². The highest BCUT2D eigenvalue weighted by atomic mass is 19.4. The summed E-state index contributed by atoms with van der Waals surface area (Å²) in [5.74, 6) is -2.31. The number of amides is 1. The molecule has 2 aromatic rings. The molecular formula is C17H17F3N2O4. The van der Waals surface area contributed by atoms with Crippen LogP contribution in [-0.4, -0.2) is 40.8 Å². The minimum atomic E-state index is -5.08. The number of alkyl halides is 3. The van der Waals surface area contributed by atoms with Gasteiger partial charge in [0.15, 0.2) is 5.75 Å². The number of fused-ring (bicyclic) bond motifs is 1. The fourth-order valence-corrected chi connectivity index (χ4v) is 2.54. The number of halogens is 3. The zero-order chi connectivity index (χ0) is 19.3. The third kappa shape index (κ3) is 4.85. The molecule has 1 fully saturated rings. The first kappa shape index (κ1) is 19.5. The van der Waals surface area contributed by atoms with Crippen LogP contribution in [0.5, 0.6) is 5.75 Å². The molecule has 0 aliphatic carbocycles. The number of primary amides is 1. The second kappa shape index (κ2) is 8.05. The van der Waals surface area contributed by atoms with Gasteiger partial charge in [-0.25, -0.2) is 4.79 Å². The van der Waals surface area contributed by atoms with E-state index in [0.717, 1.165) is 35.9 Å². The van der Waals surface area contributed by atoms with Crippen LogP contribution in [0.4, 0.5) is 13.2 Å². The lowest BCUT2D eigenvalue weighted by Crippen LogP contribution is -2.42. The summed E-state index contributed by atoms with van der Waals surface area (Å²) in [4.78, 5) is 26.2. The van der Waals surface area contributed by atoms with E-state index in [2.05, 4.69) is 0 Å². The first-order chi connectivity index (χ1) is 12.2. The molecular weight excluding hydrogens is 353 g/mol. The first-order valence-electron chi connectivity index (χ1n) is 7.72. The van der Waals surface area contributed by atoms with E-state index in [9.17, 15) is 18.0 Å². The largest absolute Gasteiger partial charge is 0.490 e. The molecule has 6 nitrogen and oxygen atoms in total. The number of carboxylic acids is 1. The number of aliphatic carboxylic acids is 1. The second-order valence-corrected chi connectivity index (χ2v) is 5.57. The van der Waals surface area contributed by atoms with Gasteiger partial charge in [-0.2, -0.15) is 13.2 Å². The lowest BCUT2D eigenvalue weighted by Gasteiger charge is -2.22. The zero-order valence-electron chi connectivity index (χ0n) is 13.6. The Morgan fingerprint density at radius 1 is 1.15 bits per heavy atom. The normalized spacial score (nSPS) is 17.4. The van der Waals surface area contributed by atoms with E-state index >= 15 is 0 Å². The van der Waals surface area contributed by atoms with Crippen LogP contribution in [0.15, 0.2) is 42.5 Å². The van der Waals surface area contributed by atoms with Gasteiger partial charge in [-0.3, -0.25) is 4.79 Å². The molecule has 1 atom stereocenters. The van der Waals surface area contributed by atoms with Crippen LogP contribution in [-0.2, 0) is 9.59 Å². The first-order valence-corrected chi connectivity index (χ1v) is 7.72. The third-order valence-electron chi connectivity index (χ3n) is 3.74. The van der Waals surface area contributed by atoms with E-state index in [4.69, 9.17) is 20.5 Å². The maximum Gasteiger partial charge on any atom is 0.490 e. The van der Waals surface area contributed by atoms with Gasteiger partial charge >= 0.3 is 12.1 Å². The molecule has 1 aliphatic heterocycles. The Hall–Kier alpha value is -2.81. The van der Waals surface area contributed by atoms with Crippen LogP contribution in [0, 0.1) is 0 Å². The molecule has 1 amide bonds. The number of hydrogen-bond donors (Lipinski definition) is 2. The zero-order valence-corrected chi connectivity index (χ0v) is 13.6. The number of hydroxylamine groups is 2. The van der Waals surface area contributed by atoms with Crippen molar-refractivity contribution in [3.05, 3.63) is 42.5 Å². The number of nitrogens with zero attached hydrogens (tertiary/aromatic N) is 1. The third-order valence-corrected chi connectivity index (χ3v) is 3.74. The van der Waals surface area contributed by atoms with Crippen molar-refractivity contribution in [2.45, 2.75) is 25.1 Å². The Kier molecular flexibility index (Phi) is 6.04. The number of carbonyl (C=O) groups is 2. The predicted molar refractivity (Wildman–Crippen MR) is 87.2 cm³/mol. The van der Waals surface area contributed by atoms with Gasteiger partial charge in [-0.1, -0.05) is 36.4 Å². The maximum atomic E-state index is 11.4. The minimum Gasteiger partial charge on any atom is -0.475 e. The predicted octanol–water partition coefficient (Wildman–Crippen LogP) is 2.72. The lowest BCUT2D eigenvalue weighted by molar-refractivity contribution is -0.192. The van der Waals surface area contributed by atoms with Crippen LogP contribution < -0.4 is 10.6 Å². The maximum absolute atomic E-state index is 11.4. The number of nitrogens with two attached hydrogens (primary N) is 1. The number of benzene rings is 2. The van der Waals surface area contributed by atoms with Gasteiger partial charge < -0.3 is 15.7 Å². The summed E-state index contributed by atoms with van der Waals surface area (Å²) in [5.41, 5.74) is 5.39. The Bertz CT molecular complexity index is 790. The lowest BCUT2D eigenvalue weighted by atomic mass is 10.1. The molecule has 0 spiro atoms. The molecule has 26 heavy (non-hydrogen) atoms. The van der Waals surface area contributed by atoms with E-state index in [1.165, 1.54) is 0 Å². The topological polar surface area (TPSA) is 92.9 Å². The van der Waals surface area contributed by atoms with Gasteiger partial charge in [0.1, 0.15) is 6.04 Å². The summed E-state index contributed by atoms with van der Waals surface area (Å²) < 4.78 is 31.7. The van der Waals surface area contributed by atoms with Crippen molar-refractivity contribution in [2.75, 3.05) is 6.54 Å². The molecule has 140 valence electrons. The smallest absolute Gasteiger partial charge is 0.475 e. The number of rotatable bonds is 3. The fraction of sp³-hybridized carbons (Fsp3) is 0.294. The van der Waals surface area contributed by atoms with E-state index in [-0.39, 0.29) is 11.9 Å². The number of carboxylic acid groups (broad SMARTS) is 1. The Morgan fingerprint density at radius 3 is 2.38 bits per heavy atom. The SMILES string of the molecule is NC(=O)[C@@H]1CCCN1Oc1cccc2ccccc12.O=C(O)C(F)(F)F. The summed E-state index contributed by atoms with van der Waals surface area (Å²) in [7, 11) is 0. The quantitative estimate of drug-likeness (QED) is 0.867. The van der Waals surface area contributed by atoms with Crippen molar-refractivity contribution in [3.63, 3.8) is 0 Å². The van der Waals surface area contributed by atoms with Crippen LogP contribution in [0.1, 0.15) is 12.8 Å². The standard InChI is InChI=1S/C15H16N2O2.C2HF3O2/c16-15(18)13-8-4-10-17(13)19-14-9-3-6-11-5-1-2-7-12(11)14;3-2(4,5)1(6)7/h1-3,5-7,9,13H,4,8,10H2,(H2,16,18);(H,6,7)/t13-;/m0./s1. The molecule has 0 bridgehead atoms. The molecule has 1 heterocycles. The van der Waals surface area contributed by atoms with Crippen LogP contribution >= 0.6 is 0 Å². The summed E-state index contributed by atoms with van der Waals surface area (Å²) in [6, 6.07) is 13.6.